The molecule has 0 saturated carbocycles. The van der Waals surface area contributed by atoms with Crippen LogP contribution in [0.5, 0.6) is 0 Å². The summed E-state index contributed by atoms with van der Waals surface area (Å²) in [6.45, 7) is 0. The summed E-state index contributed by atoms with van der Waals surface area (Å²) in [5.41, 5.74) is 0. The highest BCUT2D eigenvalue weighted by molar-refractivity contribution is 9.10. The maximum atomic E-state index is 8.47. The van der Waals surface area contributed by atoms with E-state index in [-0.39, 0.29) is 0 Å². The summed E-state index contributed by atoms with van der Waals surface area (Å²) in [4.78, 5) is 5.37. The molecular weight excluding hydrogens is 314 g/mol. The molecule has 18 heavy (non-hydrogen) atoms. The third-order valence-corrected chi connectivity index (χ3v) is 4.18. The summed E-state index contributed by atoms with van der Waals surface area (Å²) in [6, 6.07) is 10.0. The van der Waals surface area contributed by atoms with E-state index in [2.05, 4.69) is 32.1 Å². The Morgan fingerprint density at radius 1 is 1.39 bits per heavy atom. The third kappa shape index (κ3) is 3.59. The van der Waals surface area contributed by atoms with E-state index in [0.717, 1.165) is 9.37 Å². The van der Waals surface area contributed by atoms with E-state index in [0.29, 0.717) is 30.3 Å². The molecule has 92 valence electrons. The van der Waals surface area contributed by atoms with E-state index in [1.165, 1.54) is 0 Å². The molecule has 0 aliphatic carbocycles. The fourth-order valence-corrected chi connectivity index (χ4v) is 2.73. The molecule has 1 heterocycles. The molecule has 0 N–H and O–H groups in total. The van der Waals surface area contributed by atoms with Crippen LogP contribution >= 0.6 is 27.7 Å². The highest BCUT2D eigenvalue weighted by Gasteiger charge is 2.07. The van der Waals surface area contributed by atoms with Gasteiger partial charge in [-0.05, 0) is 28.1 Å². The van der Waals surface area contributed by atoms with Crippen molar-refractivity contribution in [3.05, 3.63) is 40.5 Å². The van der Waals surface area contributed by atoms with Crippen molar-refractivity contribution in [1.82, 2.24) is 10.1 Å². The molecule has 0 atom stereocenters. The summed E-state index contributed by atoms with van der Waals surface area (Å²) in [5, 5.41) is 12.3. The normalized spacial score (nSPS) is 10.2. The van der Waals surface area contributed by atoms with Gasteiger partial charge in [0.25, 0.3) is 0 Å². The molecule has 0 radical (unpaired) electrons. The Kier molecular flexibility index (Phi) is 4.79. The maximum absolute atomic E-state index is 8.47. The highest BCUT2D eigenvalue weighted by atomic mass is 79.9. The van der Waals surface area contributed by atoms with Gasteiger partial charge in [-0.25, -0.2) is 0 Å². The van der Waals surface area contributed by atoms with Crippen LogP contribution in [0, 0.1) is 11.3 Å². The molecule has 1 aromatic carbocycles. The van der Waals surface area contributed by atoms with Gasteiger partial charge in [0, 0.05) is 22.2 Å². The van der Waals surface area contributed by atoms with Gasteiger partial charge >= 0.3 is 0 Å². The van der Waals surface area contributed by atoms with Gasteiger partial charge in [0.15, 0.2) is 5.82 Å². The molecule has 2 aromatic rings. The monoisotopic (exact) mass is 323 g/mol. The Morgan fingerprint density at radius 2 is 2.22 bits per heavy atom. The first-order chi connectivity index (χ1) is 8.79. The van der Waals surface area contributed by atoms with Crippen LogP contribution in [0.15, 0.2) is 38.2 Å². The number of nitriles is 1. The van der Waals surface area contributed by atoms with Crippen LogP contribution in [0.4, 0.5) is 0 Å². The van der Waals surface area contributed by atoms with Crippen LogP contribution in [-0.2, 0) is 12.2 Å². The maximum Gasteiger partial charge on any atom is 0.227 e. The number of thioether (sulfide) groups is 1. The van der Waals surface area contributed by atoms with Crippen molar-refractivity contribution in [3.63, 3.8) is 0 Å². The van der Waals surface area contributed by atoms with Crippen LogP contribution < -0.4 is 0 Å². The highest BCUT2D eigenvalue weighted by Crippen LogP contribution is 2.28. The lowest BCUT2D eigenvalue weighted by atomic mass is 10.3. The zero-order valence-corrected chi connectivity index (χ0v) is 11.9. The van der Waals surface area contributed by atoms with Gasteiger partial charge in [-0.3, -0.25) is 0 Å². The van der Waals surface area contributed by atoms with Gasteiger partial charge < -0.3 is 4.52 Å². The molecule has 6 heteroatoms. The molecule has 0 fully saturated rings. The van der Waals surface area contributed by atoms with Gasteiger partial charge in [0.1, 0.15) is 0 Å². The van der Waals surface area contributed by atoms with E-state index in [4.69, 9.17) is 9.78 Å². The first-order valence-corrected chi connectivity index (χ1v) is 7.13. The molecule has 1 aromatic heterocycles. The van der Waals surface area contributed by atoms with Crippen LogP contribution in [0.2, 0.25) is 0 Å². The third-order valence-electron chi connectivity index (χ3n) is 2.15. The fourth-order valence-electron chi connectivity index (χ4n) is 1.32. The Labute approximate surface area is 118 Å². The molecule has 0 amide bonds. The molecule has 0 unspecified atom stereocenters. The standard InChI is InChI=1S/C12H10BrN3OS/c13-9-4-1-2-5-10(9)18-8-11-15-12(17-16-11)6-3-7-14/h1-2,4-5H,3,6,8H2. The summed E-state index contributed by atoms with van der Waals surface area (Å²) < 4.78 is 6.11. The number of benzene rings is 1. The second-order valence-corrected chi connectivity index (χ2v) is 5.35. The predicted octanol–water partition coefficient (Wildman–Crippen LogP) is 3.58. The quantitative estimate of drug-likeness (QED) is 0.787. The topological polar surface area (TPSA) is 62.7 Å². The van der Waals surface area contributed by atoms with Crippen molar-refractivity contribution < 1.29 is 4.52 Å². The van der Waals surface area contributed by atoms with Crippen molar-refractivity contribution in [1.29, 1.82) is 5.26 Å². The largest absolute Gasteiger partial charge is 0.339 e. The number of aromatic nitrogens is 2. The molecule has 4 nitrogen and oxygen atoms in total. The number of hydrogen-bond acceptors (Lipinski definition) is 5. The molecule has 0 saturated heterocycles. The van der Waals surface area contributed by atoms with Crippen LogP contribution in [0.1, 0.15) is 18.1 Å². The summed E-state index contributed by atoms with van der Waals surface area (Å²) in [6.07, 6.45) is 0.919. The number of aryl methyl sites for hydroxylation is 1. The minimum Gasteiger partial charge on any atom is -0.339 e. The fraction of sp³-hybridized carbons (Fsp3) is 0.250. The average molecular weight is 324 g/mol. The van der Waals surface area contributed by atoms with Gasteiger partial charge in [-0.1, -0.05) is 17.3 Å². The first kappa shape index (κ1) is 13.1. The zero-order chi connectivity index (χ0) is 12.8. The lowest BCUT2D eigenvalue weighted by Crippen LogP contribution is -1.87. The minimum atomic E-state index is 0.402. The van der Waals surface area contributed by atoms with Crippen molar-refractivity contribution in [3.8, 4) is 6.07 Å². The summed E-state index contributed by atoms with van der Waals surface area (Å²) in [7, 11) is 0. The molecule has 0 aliphatic heterocycles. The first-order valence-electron chi connectivity index (χ1n) is 5.35. The number of nitrogens with zero attached hydrogens (tertiary/aromatic N) is 3. The van der Waals surface area contributed by atoms with E-state index < -0.39 is 0 Å². The lowest BCUT2D eigenvalue weighted by Gasteiger charge is -2.00. The minimum absolute atomic E-state index is 0.402. The van der Waals surface area contributed by atoms with Crippen molar-refractivity contribution in [2.24, 2.45) is 0 Å². The molecule has 0 spiro atoms. The lowest BCUT2D eigenvalue weighted by molar-refractivity contribution is 0.375. The number of hydrogen-bond donors (Lipinski definition) is 0. The number of halogens is 1. The summed E-state index contributed by atoms with van der Waals surface area (Å²) >= 11 is 5.13. The molecule has 0 aliphatic rings. The van der Waals surface area contributed by atoms with Crippen molar-refractivity contribution in [2.45, 2.75) is 23.5 Å². The second kappa shape index (κ2) is 6.57. The van der Waals surface area contributed by atoms with Gasteiger partial charge in [0.05, 0.1) is 11.8 Å². The van der Waals surface area contributed by atoms with Crippen LogP contribution in [0.25, 0.3) is 0 Å². The predicted molar refractivity (Wildman–Crippen MR) is 71.9 cm³/mol. The van der Waals surface area contributed by atoms with Crippen molar-refractivity contribution in [2.75, 3.05) is 0 Å². The SMILES string of the molecule is N#CCCc1nc(CSc2ccccc2Br)no1. The smallest absolute Gasteiger partial charge is 0.227 e. The van der Waals surface area contributed by atoms with E-state index in [1.54, 1.807) is 11.8 Å². The molecule has 0 bridgehead atoms. The Hall–Kier alpha value is -1.32. The van der Waals surface area contributed by atoms with Crippen molar-refractivity contribution >= 4 is 27.7 Å². The average Bonchev–Trinajstić information content (AvgIpc) is 2.83. The Balaban J connectivity index is 1.93. The number of rotatable bonds is 5. The van der Waals surface area contributed by atoms with Crippen LogP contribution in [-0.4, -0.2) is 10.1 Å². The van der Waals surface area contributed by atoms with Crippen LogP contribution in [0.3, 0.4) is 0 Å². The van der Waals surface area contributed by atoms with E-state index >= 15 is 0 Å². The van der Waals surface area contributed by atoms with Gasteiger partial charge in [-0.15, -0.1) is 11.8 Å². The Bertz CT molecular complexity index is 564. The van der Waals surface area contributed by atoms with Gasteiger partial charge in [0.2, 0.25) is 5.89 Å². The molecular formula is C12H10BrN3OS. The zero-order valence-electron chi connectivity index (χ0n) is 9.47. The molecule has 2 rings (SSSR count). The van der Waals surface area contributed by atoms with Gasteiger partial charge in [-0.2, -0.15) is 10.2 Å². The summed E-state index contributed by atoms with van der Waals surface area (Å²) in [5.74, 6) is 1.83. The van der Waals surface area contributed by atoms with E-state index in [9.17, 15) is 0 Å². The second-order valence-electron chi connectivity index (χ2n) is 3.48. The van der Waals surface area contributed by atoms with E-state index in [1.807, 2.05) is 24.3 Å². The Morgan fingerprint density at radius 3 is 3.00 bits per heavy atom.